The fraction of sp³-hybridized carbons (Fsp3) is 0.350. The van der Waals surface area contributed by atoms with E-state index in [-0.39, 0.29) is 41.9 Å². The predicted octanol–water partition coefficient (Wildman–Crippen LogP) is 3.74. The standard InChI is InChI=1S/C20H22F2N2O.ClH/c1-14(11-15-5-2-3-8-18(15)22)20(25)24-10-9-23-13-19(24)16-6-4-7-17(21)12-16;/h2-8,12,14,19,23H,9-11,13H2,1H3;1H. The molecule has 0 spiro atoms. The smallest absolute Gasteiger partial charge is 0.226 e. The van der Waals surface area contributed by atoms with E-state index in [4.69, 9.17) is 0 Å². The summed E-state index contributed by atoms with van der Waals surface area (Å²) in [5.41, 5.74) is 1.32. The molecule has 0 aromatic heterocycles. The van der Waals surface area contributed by atoms with E-state index in [1.165, 1.54) is 18.2 Å². The predicted molar refractivity (Wildman–Crippen MR) is 100 cm³/mol. The molecule has 2 aromatic rings. The Morgan fingerprint density at radius 3 is 2.73 bits per heavy atom. The summed E-state index contributed by atoms with van der Waals surface area (Å²) in [5, 5.41) is 3.26. The molecule has 26 heavy (non-hydrogen) atoms. The van der Waals surface area contributed by atoms with Crippen molar-refractivity contribution in [3.8, 4) is 0 Å². The van der Waals surface area contributed by atoms with E-state index in [0.29, 0.717) is 31.6 Å². The molecule has 3 rings (SSSR count). The Balaban J connectivity index is 0.00000243. The third kappa shape index (κ3) is 4.59. The minimum absolute atomic E-state index is 0. The van der Waals surface area contributed by atoms with Gasteiger partial charge in [-0.2, -0.15) is 0 Å². The summed E-state index contributed by atoms with van der Waals surface area (Å²) in [5.74, 6) is -0.968. The van der Waals surface area contributed by atoms with Crippen molar-refractivity contribution in [2.45, 2.75) is 19.4 Å². The van der Waals surface area contributed by atoms with Crippen molar-refractivity contribution >= 4 is 18.3 Å². The van der Waals surface area contributed by atoms with Crippen LogP contribution in [0.1, 0.15) is 24.1 Å². The SMILES string of the molecule is CC(Cc1ccccc1F)C(=O)N1CCNCC1c1cccc(F)c1.Cl. The number of amides is 1. The fourth-order valence-electron chi connectivity index (χ4n) is 3.34. The van der Waals surface area contributed by atoms with Gasteiger partial charge in [0.25, 0.3) is 0 Å². The zero-order valence-electron chi connectivity index (χ0n) is 14.6. The molecule has 3 nitrogen and oxygen atoms in total. The molecule has 1 saturated heterocycles. The molecule has 1 aliphatic rings. The van der Waals surface area contributed by atoms with Crippen LogP contribution in [0.2, 0.25) is 0 Å². The van der Waals surface area contributed by atoms with Crippen LogP contribution in [0.3, 0.4) is 0 Å². The number of carbonyl (C=O) groups excluding carboxylic acids is 1. The molecular formula is C20H23ClF2N2O. The van der Waals surface area contributed by atoms with Gasteiger partial charge in [0.15, 0.2) is 0 Å². The van der Waals surface area contributed by atoms with Crippen molar-refractivity contribution in [2.24, 2.45) is 5.92 Å². The van der Waals surface area contributed by atoms with Crippen molar-refractivity contribution in [2.75, 3.05) is 19.6 Å². The summed E-state index contributed by atoms with van der Waals surface area (Å²) in [6.45, 7) is 3.66. The second-order valence-corrected chi connectivity index (χ2v) is 6.50. The van der Waals surface area contributed by atoms with Crippen LogP contribution in [-0.2, 0) is 11.2 Å². The molecule has 2 atom stereocenters. The number of halogens is 3. The van der Waals surface area contributed by atoms with E-state index in [9.17, 15) is 13.6 Å². The van der Waals surface area contributed by atoms with E-state index in [2.05, 4.69) is 5.32 Å². The molecule has 1 aliphatic heterocycles. The van der Waals surface area contributed by atoms with Gasteiger partial charge in [-0.15, -0.1) is 12.4 Å². The molecule has 1 N–H and O–H groups in total. The van der Waals surface area contributed by atoms with Crippen LogP contribution in [0.4, 0.5) is 8.78 Å². The highest BCUT2D eigenvalue weighted by atomic mass is 35.5. The second-order valence-electron chi connectivity index (χ2n) is 6.50. The zero-order valence-corrected chi connectivity index (χ0v) is 15.4. The number of carbonyl (C=O) groups is 1. The molecule has 0 saturated carbocycles. The first kappa shape index (κ1) is 20.3. The average molecular weight is 381 g/mol. The van der Waals surface area contributed by atoms with Crippen molar-refractivity contribution in [1.29, 1.82) is 0 Å². The molecule has 2 unspecified atom stereocenters. The minimum atomic E-state index is -0.342. The van der Waals surface area contributed by atoms with E-state index in [0.717, 1.165) is 5.56 Å². The first-order valence-corrected chi connectivity index (χ1v) is 8.56. The largest absolute Gasteiger partial charge is 0.333 e. The van der Waals surface area contributed by atoms with Crippen LogP contribution >= 0.6 is 12.4 Å². The number of nitrogens with zero attached hydrogens (tertiary/aromatic N) is 1. The molecule has 140 valence electrons. The van der Waals surface area contributed by atoms with Crippen LogP contribution in [0.5, 0.6) is 0 Å². The lowest BCUT2D eigenvalue weighted by atomic mass is 9.96. The second kappa shape index (κ2) is 9.10. The quantitative estimate of drug-likeness (QED) is 0.876. The highest BCUT2D eigenvalue weighted by Gasteiger charge is 2.31. The van der Waals surface area contributed by atoms with Gasteiger partial charge in [0.2, 0.25) is 5.91 Å². The number of hydrogen-bond donors (Lipinski definition) is 1. The van der Waals surface area contributed by atoms with E-state index in [1.54, 1.807) is 29.2 Å². The number of piperazine rings is 1. The molecule has 2 aromatic carbocycles. The Kier molecular flexibility index (Phi) is 7.12. The van der Waals surface area contributed by atoms with Gasteiger partial charge in [-0.3, -0.25) is 4.79 Å². The number of hydrogen-bond acceptors (Lipinski definition) is 2. The van der Waals surface area contributed by atoms with Gasteiger partial charge in [0.05, 0.1) is 6.04 Å². The molecule has 1 amide bonds. The van der Waals surface area contributed by atoms with Crippen molar-refractivity contribution in [3.63, 3.8) is 0 Å². The van der Waals surface area contributed by atoms with Crippen LogP contribution < -0.4 is 5.32 Å². The summed E-state index contributed by atoms with van der Waals surface area (Å²) >= 11 is 0. The Hall–Kier alpha value is -1.98. The fourth-order valence-corrected chi connectivity index (χ4v) is 3.34. The summed E-state index contributed by atoms with van der Waals surface area (Å²) in [6, 6.07) is 12.7. The number of benzene rings is 2. The highest BCUT2D eigenvalue weighted by Crippen LogP contribution is 2.26. The Morgan fingerprint density at radius 1 is 1.23 bits per heavy atom. The van der Waals surface area contributed by atoms with Crippen LogP contribution in [0.15, 0.2) is 48.5 Å². The molecule has 1 heterocycles. The lowest BCUT2D eigenvalue weighted by Gasteiger charge is -2.38. The van der Waals surface area contributed by atoms with E-state index < -0.39 is 0 Å². The maximum Gasteiger partial charge on any atom is 0.226 e. The zero-order chi connectivity index (χ0) is 17.8. The van der Waals surface area contributed by atoms with Gasteiger partial charge in [-0.05, 0) is 35.7 Å². The normalized spacial score (nSPS) is 18.1. The lowest BCUT2D eigenvalue weighted by Crippen LogP contribution is -2.50. The maximum absolute atomic E-state index is 13.9. The summed E-state index contributed by atoms with van der Waals surface area (Å²) < 4.78 is 27.4. The van der Waals surface area contributed by atoms with Crippen molar-refractivity contribution < 1.29 is 13.6 Å². The van der Waals surface area contributed by atoms with Gasteiger partial charge >= 0.3 is 0 Å². The van der Waals surface area contributed by atoms with Crippen LogP contribution in [-0.4, -0.2) is 30.4 Å². The molecule has 0 aliphatic carbocycles. The Labute approximate surface area is 158 Å². The number of rotatable bonds is 4. The monoisotopic (exact) mass is 380 g/mol. The molecular weight excluding hydrogens is 358 g/mol. The van der Waals surface area contributed by atoms with Crippen molar-refractivity contribution in [1.82, 2.24) is 10.2 Å². The lowest BCUT2D eigenvalue weighted by molar-refractivity contribution is -0.138. The first-order valence-electron chi connectivity index (χ1n) is 8.56. The van der Waals surface area contributed by atoms with Gasteiger partial charge in [0, 0.05) is 25.6 Å². The molecule has 0 radical (unpaired) electrons. The van der Waals surface area contributed by atoms with E-state index >= 15 is 0 Å². The third-order valence-electron chi connectivity index (χ3n) is 4.67. The summed E-state index contributed by atoms with van der Waals surface area (Å²) in [6.07, 6.45) is 0.352. The highest BCUT2D eigenvalue weighted by molar-refractivity contribution is 5.85. The van der Waals surface area contributed by atoms with Gasteiger partial charge in [0.1, 0.15) is 11.6 Å². The van der Waals surface area contributed by atoms with Gasteiger partial charge < -0.3 is 10.2 Å². The third-order valence-corrected chi connectivity index (χ3v) is 4.67. The number of nitrogens with one attached hydrogen (secondary N) is 1. The average Bonchev–Trinajstić information content (AvgIpc) is 2.63. The Bertz CT molecular complexity index is 756. The van der Waals surface area contributed by atoms with E-state index in [1.807, 2.05) is 13.0 Å². The molecule has 1 fully saturated rings. The van der Waals surface area contributed by atoms with Gasteiger partial charge in [-0.25, -0.2) is 8.78 Å². The Morgan fingerprint density at radius 2 is 2.00 bits per heavy atom. The van der Waals surface area contributed by atoms with Crippen molar-refractivity contribution in [3.05, 3.63) is 71.3 Å². The maximum atomic E-state index is 13.9. The minimum Gasteiger partial charge on any atom is -0.333 e. The first-order chi connectivity index (χ1) is 12.1. The summed E-state index contributed by atoms with van der Waals surface area (Å²) in [7, 11) is 0. The molecule has 6 heteroatoms. The van der Waals surface area contributed by atoms with Crippen LogP contribution in [0, 0.1) is 17.6 Å². The van der Waals surface area contributed by atoms with Gasteiger partial charge in [-0.1, -0.05) is 37.3 Å². The van der Waals surface area contributed by atoms with Crippen LogP contribution in [0.25, 0.3) is 0 Å². The topological polar surface area (TPSA) is 32.3 Å². The summed E-state index contributed by atoms with van der Waals surface area (Å²) in [4.78, 5) is 14.8. The molecule has 0 bridgehead atoms.